The van der Waals surface area contributed by atoms with Gasteiger partial charge in [0.15, 0.2) is 0 Å². The molecular formula is C11H13N3OS. The molecule has 0 radical (unpaired) electrons. The first-order valence-electron chi connectivity index (χ1n) is 4.98. The molecule has 0 unspecified atom stereocenters. The van der Waals surface area contributed by atoms with E-state index in [0.717, 1.165) is 30.1 Å². The Labute approximate surface area is 98.4 Å². The first-order valence-corrected chi connectivity index (χ1v) is 5.82. The number of methoxy groups -OCH3 is 1. The Kier molecular flexibility index (Phi) is 3.85. The quantitative estimate of drug-likeness (QED) is 0.859. The summed E-state index contributed by atoms with van der Waals surface area (Å²) < 4.78 is 9.08. The van der Waals surface area contributed by atoms with E-state index in [1.165, 1.54) is 11.5 Å². The molecule has 1 aromatic carbocycles. The first-order chi connectivity index (χ1) is 7.90. The van der Waals surface area contributed by atoms with Gasteiger partial charge in [0.05, 0.1) is 12.8 Å². The average Bonchev–Trinajstić information content (AvgIpc) is 2.83. The lowest BCUT2D eigenvalue weighted by Crippen LogP contribution is -2.13. The molecule has 0 fully saturated rings. The highest BCUT2D eigenvalue weighted by Gasteiger charge is 2.01. The van der Waals surface area contributed by atoms with Gasteiger partial charge in [-0.25, -0.2) is 0 Å². The number of aromatic nitrogens is 2. The predicted molar refractivity (Wildman–Crippen MR) is 63.4 cm³/mol. The second kappa shape index (κ2) is 5.58. The summed E-state index contributed by atoms with van der Waals surface area (Å²) in [5, 5.41) is 9.21. The summed E-state index contributed by atoms with van der Waals surface area (Å²) >= 11 is 1.37. The van der Waals surface area contributed by atoms with Crippen LogP contribution in [0.5, 0.6) is 5.75 Å². The molecule has 5 heteroatoms. The second-order valence-electron chi connectivity index (χ2n) is 3.31. The Morgan fingerprint density at radius 1 is 1.31 bits per heavy atom. The Morgan fingerprint density at radius 3 is 2.94 bits per heavy atom. The highest BCUT2D eigenvalue weighted by atomic mass is 32.1. The molecule has 84 valence electrons. The topological polar surface area (TPSA) is 47.0 Å². The highest BCUT2D eigenvalue weighted by Crippen LogP contribution is 2.16. The molecular weight excluding hydrogens is 222 g/mol. The molecule has 0 amide bonds. The third-order valence-corrected chi connectivity index (χ3v) is 2.77. The summed E-state index contributed by atoms with van der Waals surface area (Å²) in [4.78, 5) is 0. The number of ether oxygens (including phenoxy) is 1. The van der Waals surface area contributed by atoms with Gasteiger partial charge < -0.3 is 10.1 Å². The fourth-order valence-corrected chi connectivity index (χ4v) is 1.89. The summed E-state index contributed by atoms with van der Waals surface area (Å²) in [5.74, 6) is 0.909. The number of rotatable bonds is 5. The van der Waals surface area contributed by atoms with Crippen molar-refractivity contribution in [1.29, 1.82) is 0 Å². The van der Waals surface area contributed by atoms with Crippen molar-refractivity contribution in [3.8, 4) is 5.75 Å². The summed E-state index contributed by atoms with van der Waals surface area (Å²) in [6, 6.07) is 7.98. The van der Waals surface area contributed by atoms with Gasteiger partial charge in [0.2, 0.25) is 0 Å². The normalized spacial score (nSPS) is 10.3. The van der Waals surface area contributed by atoms with Crippen LogP contribution in [0, 0.1) is 0 Å². The van der Waals surface area contributed by atoms with Crippen LogP contribution in [0.15, 0.2) is 29.6 Å². The standard InChI is InChI=1S/C11H13N3OS/c1-15-11-5-3-2-4-9(11)6-12-7-10-8-16-14-13-10/h2-5,8,12H,6-7H2,1H3. The molecule has 1 heterocycles. The van der Waals surface area contributed by atoms with Gasteiger partial charge in [0, 0.05) is 24.0 Å². The summed E-state index contributed by atoms with van der Waals surface area (Å²) in [5.41, 5.74) is 2.12. The Hall–Kier alpha value is -1.46. The van der Waals surface area contributed by atoms with Gasteiger partial charge in [-0.3, -0.25) is 0 Å². The van der Waals surface area contributed by atoms with Crippen LogP contribution in [0.3, 0.4) is 0 Å². The van der Waals surface area contributed by atoms with Crippen molar-refractivity contribution in [2.24, 2.45) is 0 Å². The van der Waals surface area contributed by atoms with E-state index in [0.29, 0.717) is 0 Å². The zero-order valence-corrected chi connectivity index (χ0v) is 9.83. The predicted octanol–water partition coefficient (Wildman–Crippen LogP) is 1.84. The van der Waals surface area contributed by atoms with Crippen LogP contribution < -0.4 is 10.1 Å². The Balaban J connectivity index is 1.89. The molecule has 1 aromatic heterocycles. The van der Waals surface area contributed by atoms with E-state index in [1.807, 2.05) is 29.6 Å². The lowest BCUT2D eigenvalue weighted by atomic mass is 10.2. The molecule has 0 aliphatic rings. The van der Waals surface area contributed by atoms with Gasteiger partial charge >= 0.3 is 0 Å². The van der Waals surface area contributed by atoms with Crippen LogP contribution >= 0.6 is 11.5 Å². The van der Waals surface area contributed by atoms with Crippen molar-refractivity contribution >= 4 is 11.5 Å². The molecule has 0 aliphatic carbocycles. The number of para-hydroxylation sites is 1. The van der Waals surface area contributed by atoms with Crippen LogP contribution in [0.4, 0.5) is 0 Å². The van der Waals surface area contributed by atoms with Gasteiger partial charge in [-0.15, -0.1) is 5.10 Å². The monoisotopic (exact) mass is 235 g/mol. The molecule has 1 N–H and O–H groups in total. The first kappa shape index (κ1) is 11.0. The van der Waals surface area contributed by atoms with E-state index in [4.69, 9.17) is 4.74 Å². The van der Waals surface area contributed by atoms with Crippen molar-refractivity contribution in [3.05, 3.63) is 40.9 Å². The van der Waals surface area contributed by atoms with Crippen LogP contribution in [-0.4, -0.2) is 16.7 Å². The van der Waals surface area contributed by atoms with E-state index in [1.54, 1.807) is 7.11 Å². The van der Waals surface area contributed by atoms with Crippen molar-refractivity contribution in [3.63, 3.8) is 0 Å². The summed E-state index contributed by atoms with van der Waals surface area (Å²) in [6.45, 7) is 1.50. The van der Waals surface area contributed by atoms with Crippen LogP contribution in [0.2, 0.25) is 0 Å². The zero-order valence-electron chi connectivity index (χ0n) is 9.01. The van der Waals surface area contributed by atoms with Gasteiger partial charge in [0.25, 0.3) is 0 Å². The molecule has 0 aliphatic heterocycles. The van der Waals surface area contributed by atoms with E-state index in [9.17, 15) is 0 Å². The highest BCUT2D eigenvalue weighted by molar-refractivity contribution is 7.03. The lowest BCUT2D eigenvalue weighted by molar-refractivity contribution is 0.407. The minimum Gasteiger partial charge on any atom is -0.496 e. The van der Waals surface area contributed by atoms with E-state index >= 15 is 0 Å². The largest absolute Gasteiger partial charge is 0.496 e. The van der Waals surface area contributed by atoms with Crippen molar-refractivity contribution in [2.75, 3.05) is 7.11 Å². The maximum Gasteiger partial charge on any atom is 0.123 e. The SMILES string of the molecule is COc1ccccc1CNCc1csnn1. The Bertz CT molecular complexity index is 431. The average molecular weight is 235 g/mol. The summed E-state index contributed by atoms with van der Waals surface area (Å²) in [7, 11) is 1.68. The van der Waals surface area contributed by atoms with Gasteiger partial charge in [-0.2, -0.15) is 0 Å². The molecule has 0 atom stereocenters. The fourth-order valence-electron chi connectivity index (χ4n) is 1.44. The summed E-state index contributed by atoms with van der Waals surface area (Å²) in [6.07, 6.45) is 0. The Morgan fingerprint density at radius 2 is 2.19 bits per heavy atom. The molecule has 4 nitrogen and oxygen atoms in total. The molecule has 16 heavy (non-hydrogen) atoms. The maximum absolute atomic E-state index is 5.27. The van der Waals surface area contributed by atoms with E-state index in [-0.39, 0.29) is 0 Å². The van der Waals surface area contributed by atoms with Crippen molar-refractivity contribution < 1.29 is 4.74 Å². The van der Waals surface area contributed by atoms with E-state index < -0.39 is 0 Å². The number of hydrogen-bond donors (Lipinski definition) is 1. The van der Waals surface area contributed by atoms with Crippen LogP contribution in [0.25, 0.3) is 0 Å². The third kappa shape index (κ3) is 2.77. The van der Waals surface area contributed by atoms with E-state index in [2.05, 4.69) is 14.9 Å². The molecule has 0 spiro atoms. The number of hydrogen-bond acceptors (Lipinski definition) is 5. The molecule has 0 saturated carbocycles. The van der Waals surface area contributed by atoms with Gasteiger partial charge in [-0.05, 0) is 17.6 Å². The van der Waals surface area contributed by atoms with Crippen molar-refractivity contribution in [1.82, 2.24) is 14.9 Å². The van der Waals surface area contributed by atoms with Crippen LogP contribution in [0.1, 0.15) is 11.3 Å². The van der Waals surface area contributed by atoms with Gasteiger partial charge in [0.1, 0.15) is 5.75 Å². The molecule has 0 saturated heterocycles. The number of nitrogens with zero attached hydrogens (tertiary/aromatic N) is 2. The smallest absolute Gasteiger partial charge is 0.123 e. The minimum atomic E-state index is 0.731. The zero-order chi connectivity index (χ0) is 11.2. The van der Waals surface area contributed by atoms with Crippen molar-refractivity contribution in [2.45, 2.75) is 13.1 Å². The minimum absolute atomic E-state index is 0.731. The molecule has 2 aromatic rings. The molecule has 2 rings (SSSR count). The maximum atomic E-state index is 5.27. The number of benzene rings is 1. The second-order valence-corrected chi connectivity index (χ2v) is 3.92. The van der Waals surface area contributed by atoms with Gasteiger partial charge in [-0.1, -0.05) is 22.7 Å². The fraction of sp³-hybridized carbons (Fsp3) is 0.273. The molecule has 0 bridgehead atoms. The van der Waals surface area contributed by atoms with Crippen LogP contribution in [-0.2, 0) is 13.1 Å². The lowest BCUT2D eigenvalue weighted by Gasteiger charge is -2.08. The number of nitrogens with one attached hydrogen (secondary N) is 1. The third-order valence-electron chi connectivity index (χ3n) is 2.22.